The molecule has 1 atom stereocenters. The maximum absolute atomic E-state index is 13.7. The van der Waals surface area contributed by atoms with Gasteiger partial charge in [0.2, 0.25) is 0 Å². The van der Waals surface area contributed by atoms with E-state index in [2.05, 4.69) is 4.98 Å². The number of nitro groups is 1. The number of Topliss-reactive ketones (excluding diaryl/α,β-unsaturated/α-hetero) is 1. The number of non-ortho nitro benzene ring substituents is 1. The largest absolute Gasteiger partial charge is 0.507 e. The van der Waals surface area contributed by atoms with Crippen molar-refractivity contribution in [3.63, 3.8) is 0 Å². The van der Waals surface area contributed by atoms with Gasteiger partial charge in [0.15, 0.2) is 0 Å². The van der Waals surface area contributed by atoms with Crippen LogP contribution in [-0.2, 0) is 9.59 Å². The van der Waals surface area contributed by atoms with E-state index in [1.807, 2.05) is 0 Å². The zero-order valence-corrected chi connectivity index (χ0v) is 16.9. The molecule has 4 rings (SSSR count). The second-order valence-electron chi connectivity index (χ2n) is 6.83. The Hall–Kier alpha value is -4.11. The fourth-order valence-electron chi connectivity index (χ4n) is 3.47. The topological polar surface area (TPSA) is 114 Å². The van der Waals surface area contributed by atoms with Crippen LogP contribution in [0.5, 0.6) is 0 Å². The van der Waals surface area contributed by atoms with Crippen LogP contribution in [0, 0.1) is 15.9 Å². The van der Waals surface area contributed by atoms with Crippen molar-refractivity contribution in [1.82, 2.24) is 4.98 Å². The molecule has 0 bridgehead atoms. The molecule has 3 aromatic rings. The van der Waals surface area contributed by atoms with Crippen LogP contribution in [-0.4, -0.2) is 26.7 Å². The molecule has 1 unspecified atom stereocenters. The molecule has 10 heteroatoms. The van der Waals surface area contributed by atoms with Crippen molar-refractivity contribution >= 4 is 40.4 Å². The first-order valence-corrected chi connectivity index (χ1v) is 9.59. The monoisotopic (exact) mass is 453 g/mol. The summed E-state index contributed by atoms with van der Waals surface area (Å²) >= 11 is 5.87. The summed E-state index contributed by atoms with van der Waals surface area (Å²) in [6, 6.07) is 12.2. The average molecular weight is 454 g/mol. The number of benzene rings is 2. The van der Waals surface area contributed by atoms with E-state index in [1.54, 1.807) is 18.2 Å². The van der Waals surface area contributed by atoms with E-state index < -0.39 is 34.2 Å². The van der Waals surface area contributed by atoms with E-state index in [4.69, 9.17) is 11.6 Å². The van der Waals surface area contributed by atoms with Crippen molar-refractivity contribution < 1.29 is 24.0 Å². The average Bonchev–Trinajstić information content (AvgIpc) is 3.06. The predicted molar refractivity (Wildman–Crippen MR) is 114 cm³/mol. The van der Waals surface area contributed by atoms with E-state index in [1.165, 1.54) is 36.5 Å². The van der Waals surface area contributed by atoms with Crippen LogP contribution in [0.25, 0.3) is 5.76 Å². The minimum atomic E-state index is -1.17. The van der Waals surface area contributed by atoms with Gasteiger partial charge < -0.3 is 5.11 Å². The Morgan fingerprint density at radius 1 is 1.12 bits per heavy atom. The van der Waals surface area contributed by atoms with Gasteiger partial charge in [-0.15, -0.1) is 0 Å². The number of rotatable bonds is 4. The van der Waals surface area contributed by atoms with Crippen LogP contribution in [0.3, 0.4) is 0 Å². The molecule has 32 heavy (non-hydrogen) atoms. The molecule has 160 valence electrons. The Bertz CT molecular complexity index is 1300. The zero-order chi connectivity index (χ0) is 23.0. The molecule has 8 nitrogen and oxygen atoms in total. The summed E-state index contributed by atoms with van der Waals surface area (Å²) in [6.45, 7) is 0. The summed E-state index contributed by atoms with van der Waals surface area (Å²) in [5.41, 5.74) is -0.265. The fraction of sp³-hybridized carbons (Fsp3) is 0.0455. The first-order valence-electron chi connectivity index (χ1n) is 9.21. The van der Waals surface area contributed by atoms with E-state index in [-0.39, 0.29) is 33.2 Å². The standard InChI is InChI=1S/C22H13ClFN3O5/c23-15-11-13(7-8-16(15)24)26-19(17-6-1-2-9-25-17)18(21(29)22(26)30)20(28)12-4-3-5-14(10-12)27(31)32/h1-11,19,28H/b20-18+. The number of nitro benzene ring substituents is 1. The van der Waals surface area contributed by atoms with Crippen molar-refractivity contribution in [3.8, 4) is 0 Å². The quantitative estimate of drug-likeness (QED) is 0.206. The molecule has 2 heterocycles. The fourth-order valence-corrected chi connectivity index (χ4v) is 3.65. The lowest BCUT2D eigenvalue weighted by Gasteiger charge is -2.24. The summed E-state index contributed by atoms with van der Waals surface area (Å²) in [4.78, 5) is 41.7. The Balaban J connectivity index is 1.95. The molecule has 1 N–H and O–H groups in total. The summed E-state index contributed by atoms with van der Waals surface area (Å²) in [5, 5.41) is 21.8. The van der Waals surface area contributed by atoms with Gasteiger partial charge in [-0.2, -0.15) is 0 Å². The lowest BCUT2D eigenvalue weighted by atomic mass is 9.98. The molecular weight excluding hydrogens is 441 g/mol. The Kier molecular flexibility index (Phi) is 5.41. The van der Waals surface area contributed by atoms with E-state index in [9.17, 15) is 29.2 Å². The number of aliphatic hydroxyl groups excluding tert-OH is 1. The van der Waals surface area contributed by atoms with Gasteiger partial charge in [-0.25, -0.2) is 4.39 Å². The minimum Gasteiger partial charge on any atom is -0.507 e. The number of nitrogens with zero attached hydrogens (tertiary/aromatic N) is 3. The third kappa shape index (κ3) is 3.58. The number of ketones is 1. The number of hydrogen-bond donors (Lipinski definition) is 1. The molecule has 0 aliphatic carbocycles. The smallest absolute Gasteiger partial charge is 0.300 e. The highest BCUT2D eigenvalue weighted by atomic mass is 35.5. The number of carbonyl (C=O) groups excluding carboxylic acids is 2. The molecule has 0 spiro atoms. The number of anilines is 1. The molecule has 1 fully saturated rings. The molecule has 1 aliphatic rings. The van der Waals surface area contributed by atoms with Gasteiger partial charge >= 0.3 is 0 Å². The highest BCUT2D eigenvalue weighted by molar-refractivity contribution is 6.51. The highest BCUT2D eigenvalue weighted by Crippen LogP contribution is 2.42. The van der Waals surface area contributed by atoms with Gasteiger partial charge in [-0.1, -0.05) is 29.8 Å². The van der Waals surface area contributed by atoms with E-state index in [0.717, 1.165) is 17.0 Å². The van der Waals surface area contributed by atoms with Crippen molar-refractivity contribution in [3.05, 3.63) is 105 Å². The van der Waals surface area contributed by atoms with Crippen LogP contribution in [0.15, 0.2) is 72.4 Å². The number of halogens is 2. The third-order valence-corrected chi connectivity index (χ3v) is 5.21. The maximum Gasteiger partial charge on any atom is 0.300 e. The molecule has 1 saturated heterocycles. The first-order chi connectivity index (χ1) is 15.3. The number of pyridine rings is 1. The summed E-state index contributed by atoms with van der Waals surface area (Å²) in [6.07, 6.45) is 1.44. The van der Waals surface area contributed by atoms with Gasteiger partial charge in [0.05, 0.1) is 21.2 Å². The zero-order valence-electron chi connectivity index (χ0n) is 16.1. The second kappa shape index (κ2) is 8.20. The number of amides is 1. The van der Waals surface area contributed by atoms with Crippen LogP contribution in [0.1, 0.15) is 17.3 Å². The number of aliphatic hydroxyl groups is 1. The van der Waals surface area contributed by atoms with Crippen molar-refractivity contribution in [1.29, 1.82) is 0 Å². The van der Waals surface area contributed by atoms with Gasteiger partial charge in [-0.3, -0.25) is 29.6 Å². The Labute approximate surface area is 185 Å². The summed E-state index contributed by atoms with van der Waals surface area (Å²) < 4.78 is 13.7. The first kappa shape index (κ1) is 21.1. The summed E-state index contributed by atoms with van der Waals surface area (Å²) in [5.74, 6) is -3.32. The maximum atomic E-state index is 13.7. The van der Waals surface area contributed by atoms with E-state index in [0.29, 0.717) is 0 Å². The van der Waals surface area contributed by atoms with Gasteiger partial charge in [-0.05, 0) is 30.3 Å². The Morgan fingerprint density at radius 2 is 1.91 bits per heavy atom. The van der Waals surface area contributed by atoms with Crippen molar-refractivity contribution in [2.75, 3.05) is 4.90 Å². The van der Waals surface area contributed by atoms with E-state index >= 15 is 0 Å². The van der Waals surface area contributed by atoms with Crippen molar-refractivity contribution in [2.24, 2.45) is 0 Å². The minimum absolute atomic E-state index is 0.0183. The molecular formula is C22H13ClFN3O5. The Morgan fingerprint density at radius 3 is 2.56 bits per heavy atom. The van der Waals surface area contributed by atoms with Gasteiger partial charge in [0.25, 0.3) is 17.4 Å². The van der Waals surface area contributed by atoms with Crippen molar-refractivity contribution in [2.45, 2.75) is 6.04 Å². The van der Waals surface area contributed by atoms with Crippen LogP contribution in [0.2, 0.25) is 5.02 Å². The summed E-state index contributed by atoms with van der Waals surface area (Å²) in [7, 11) is 0. The third-order valence-electron chi connectivity index (χ3n) is 4.92. The predicted octanol–water partition coefficient (Wildman–Crippen LogP) is 4.41. The molecule has 1 aromatic heterocycles. The van der Waals surface area contributed by atoms with Crippen LogP contribution in [0.4, 0.5) is 15.8 Å². The molecule has 1 aliphatic heterocycles. The molecule has 0 saturated carbocycles. The lowest BCUT2D eigenvalue weighted by Crippen LogP contribution is -2.29. The molecule has 0 radical (unpaired) electrons. The number of aromatic nitrogens is 1. The van der Waals surface area contributed by atoms with Gasteiger partial charge in [0, 0.05) is 29.6 Å². The number of carbonyl (C=O) groups is 2. The normalized spacial score (nSPS) is 17.6. The molecule has 1 amide bonds. The SMILES string of the molecule is O=C1C(=O)N(c2ccc(F)c(Cl)c2)C(c2ccccn2)/C1=C(\O)c1cccc([N+](=O)[O-])c1. The van der Waals surface area contributed by atoms with Crippen LogP contribution < -0.4 is 4.90 Å². The number of hydrogen-bond acceptors (Lipinski definition) is 6. The lowest BCUT2D eigenvalue weighted by molar-refractivity contribution is -0.384. The molecule has 2 aromatic carbocycles. The van der Waals surface area contributed by atoms with Crippen LogP contribution >= 0.6 is 11.6 Å². The second-order valence-corrected chi connectivity index (χ2v) is 7.24. The van der Waals surface area contributed by atoms with Gasteiger partial charge in [0.1, 0.15) is 17.6 Å². The highest BCUT2D eigenvalue weighted by Gasteiger charge is 2.47.